The van der Waals surface area contributed by atoms with Crippen LogP contribution in [0.2, 0.25) is 0 Å². The zero-order valence-electron chi connectivity index (χ0n) is 33.5. The van der Waals surface area contributed by atoms with E-state index in [1.165, 1.54) is 48.5 Å². The summed E-state index contributed by atoms with van der Waals surface area (Å²) in [6, 6.07) is 16.9. The molecule has 0 aliphatic heterocycles. The van der Waals surface area contributed by atoms with E-state index < -0.39 is 35.3 Å². The standard InChI is InChI=1S/2C18H19F3N2O2S.3Ac.BHO.Na.H2O2/c1-23(2)10-12-8-11(17(22)24)4-6-15(12)25-13-5-7-16(26-3)14(9-13)18(19,20)21;1-3-23-10-12-8-11(17(22)24)4-6-15(12)25-13-5-7-16(26-2)14(9-13)18(19,20)21;;;;1-2;;1-2/h4-9H,10H2,1-3H3,(H2,22,24);4-9,23H,3,10H2,1-2H3,(H2,22,24);;;;2H;;1-2H/q;;;;;-1;+1;. The molecule has 4 aromatic rings. The van der Waals surface area contributed by atoms with Crippen LogP contribution in [0.5, 0.6) is 23.0 Å². The van der Waals surface area contributed by atoms with Crippen LogP contribution in [0.4, 0.5) is 26.3 Å². The SMILES string of the molecule is CCNCc1cc(C(N)=O)ccc1Oc1ccc(SC)c(C(F)(F)F)c1.CSc1ccc(Oc2ccc(C(N)=O)cc2CN(C)C)cc1C(F)(F)F.OO.[Ac].[Ac].[Ac].[B-]O.[Na+]. The third kappa shape index (κ3) is 22.9. The Labute approximate surface area is 484 Å². The number of hydrogen-bond acceptors (Lipinski definition) is 11. The van der Waals surface area contributed by atoms with Gasteiger partial charge >= 0.3 is 41.9 Å². The fourth-order valence-electron chi connectivity index (χ4n) is 4.72. The van der Waals surface area contributed by atoms with E-state index in [0.717, 1.165) is 35.7 Å². The van der Waals surface area contributed by atoms with Crippen LogP contribution < -0.4 is 55.8 Å². The first kappa shape index (κ1) is 67.5. The molecule has 4 aromatic carbocycles. The van der Waals surface area contributed by atoms with Gasteiger partial charge in [0.05, 0.1) is 11.1 Å². The summed E-state index contributed by atoms with van der Waals surface area (Å²) in [6.07, 6.45) is -5.77. The summed E-state index contributed by atoms with van der Waals surface area (Å²) in [5.74, 6) is -0.297. The van der Waals surface area contributed by atoms with Crippen molar-refractivity contribution < 1.29 is 223 Å². The Morgan fingerprint density at radius 3 is 1.38 bits per heavy atom. The minimum atomic E-state index is -4.47. The minimum absolute atomic E-state index is 0. The van der Waals surface area contributed by atoms with Gasteiger partial charge in [-0.15, -0.1) is 23.5 Å². The zero-order chi connectivity index (χ0) is 42.8. The number of alkyl halides is 6. The Balaban J connectivity index is -0.000000454. The molecule has 0 spiro atoms. The topological polar surface area (TPSA) is 181 Å². The van der Waals surface area contributed by atoms with E-state index >= 15 is 0 Å². The van der Waals surface area contributed by atoms with E-state index in [9.17, 15) is 35.9 Å². The van der Waals surface area contributed by atoms with Crippen LogP contribution in [0.1, 0.15) is 49.9 Å². The number of halogens is 6. The molecule has 0 heterocycles. The van der Waals surface area contributed by atoms with Crippen molar-refractivity contribution in [1.29, 1.82) is 0 Å². The van der Waals surface area contributed by atoms with E-state index in [1.54, 1.807) is 24.6 Å². The number of ether oxygens (including phenoxy) is 2. The average molecular weight is 1530 g/mol. The number of thioether (sulfide) groups is 2. The fraction of sp³-hybridized carbons (Fsp3) is 0.278. The van der Waals surface area contributed by atoms with Gasteiger partial charge in [0.1, 0.15) is 23.0 Å². The molecule has 6 radical (unpaired) electrons. The van der Waals surface area contributed by atoms with Gasteiger partial charge in [0.15, 0.2) is 0 Å². The molecule has 60 heavy (non-hydrogen) atoms. The number of nitrogens with zero attached hydrogens (tertiary/aromatic N) is 1. The van der Waals surface area contributed by atoms with Gasteiger partial charge in [-0.05, 0) is 106 Å². The van der Waals surface area contributed by atoms with Crippen molar-refractivity contribution in [2.75, 3.05) is 33.2 Å². The molecule has 0 saturated heterocycles. The summed E-state index contributed by atoms with van der Waals surface area (Å²) < 4.78 is 90.7. The first-order valence-corrected chi connectivity index (χ1v) is 18.4. The number of nitrogens with one attached hydrogen (secondary N) is 1. The van der Waals surface area contributed by atoms with Crippen molar-refractivity contribution in [3.63, 3.8) is 0 Å². The quantitative estimate of drug-likeness (QED) is 0.0353. The van der Waals surface area contributed by atoms with Gasteiger partial charge in [-0.3, -0.25) is 20.1 Å². The Kier molecular flexibility index (Phi) is 38.5. The van der Waals surface area contributed by atoms with Crippen LogP contribution in [0, 0.1) is 132 Å². The second-order valence-electron chi connectivity index (χ2n) is 11.3. The number of benzene rings is 4. The number of primary amides is 2. The number of nitrogens with two attached hydrogens (primary N) is 2. The number of hydrogen-bond donors (Lipinski definition) is 6. The minimum Gasteiger partial charge on any atom is -0.715 e. The summed E-state index contributed by atoms with van der Waals surface area (Å²) in [4.78, 5) is 24.8. The molecule has 4 rings (SSSR count). The molecule has 0 atom stereocenters. The maximum Gasteiger partial charge on any atom is 1.00 e. The van der Waals surface area contributed by atoms with Crippen LogP contribution in [-0.4, -0.2) is 73.5 Å². The van der Waals surface area contributed by atoms with E-state index in [4.69, 9.17) is 36.5 Å². The van der Waals surface area contributed by atoms with Crippen LogP contribution in [-0.2, 0) is 25.4 Å². The van der Waals surface area contributed by atoms with Gasteiger partial charge in [0.2, 0.25) is 11.8 Å². The molecule has 314 valence electrons. The van der Waals surface area contributed by atoms with Crippen molar-refractivity contribution in [3.8, 4) is 23.0 Å². The summed E-state index contributed by atoms with van der Waals surface area (Å²) in [7, 11) is 7.16. The van der Waals surface area contributed by atoms with Crippen LogP contribution in [0.15, 0.2) is 82.6 Å². The van der Waals surface area contributed by atoms with Gasteiger partial charge in [0.25, 0.3) is 0 Å². The third-order valence-corrected chi connectivity index (χ3v) is 8.74. The number of rotatable bonds is 13. The van der Waals surface area contributed by atoms with Crippen molar-refractivity contribution in [2.45, 2.75) is 42.2 Å². The number of carbonyl (C=O) groups is 2. The molecular weight excluding hydrogens is 1490 g/mol. The van der Waals surface area contributed by atoms with Gasteiger partial charge in [-0.2, -0.15) is 26.3 Å². The van der Waals surface area contributed by atoms with Gasteiger partial charge in [-0.1, -0.05) is 6.92 Å². The number of carbonyl (C=O) groups excluding carboxylic acids is 2. The molecule has 0 aromatic heterocycles. The van der Waals surface area contributed by atoms with E-state index in [0.29, 0.717) is 53.4 Å². The predicted molar refractivity (Wildman–Crippen MR) is 205 cm³/mol. The van der Waals surface area contributed by atoms with Crippen molar-refractivity contribution >= 4 is 43.4 Å². The van der Waals surface area contributed by atoms with Crippen molar-refractivity contribution in [3.05, 3.63) is 106 Å². The third-order valence-electron chi connectivity index (χ3n) is 7.15. The van der Waals surface area contributed by atoms with Crippen LogP contribution >= 0.6 is 23.5 Å². The van der Waals surface area contributed by atoms with E-state index in [-0.39, 0.29) is 183 Å². The van der Waals surface area contributed by atoms with E-state index in [2.05, 4.69) is 13.4 Å². The maximum absolute atomic E-state index is 13.2. The molecule has 0 fully saturated rings. The molecule has 2 amide bonds. The predicted octanol–water partition coefficient (Wildman–Crippen LogP) is 4.89. The maximum atomic E-state index is 13.2. The van der Waals surface area contributed by atoms with Gasteiger partial charge < -0.3 is 44.2 Å². The first-order chi connectivity index (χ1) is 26.4. The monoisotopic (exact) mass is 1530 g/mol. The molecule has 24 heteroatoms. The second-order valence-corrected chi connectivity index (χ2v) is 13.0. The Morgan fingerprint density at radius 1 is 0.700 bits per heavy atom. The van der Waals surface area contributed by atoms with Crippen LogP contribution in [0.3, 0.4) is 0 Å². The molecular formula is C36H41Ac3BF6N4NaO7S2. The Hall–Kier alpha value is 0.890. The number of amides is 2. The van der Waals surface area contributed by atoms with Gasteiger partial charge in [0, 0.05) is 177 Å². The molecule has 8 N–H and O–H groups in total. The summed E-state index contributed by atoms with van der Waals surface area (Å²) >= 11 is 2.04. The van der Waals surface area contributed by atoms with Gasteiger partial charge in [-0.25, -0.2) is 0 Å². The summed E-state index contributed by atoms with van der Waals surface area (Å²) in [5.41, 5.74) is 11.0. The Bertz CT molecular complexity index is 1910. The molecule has 0 aliphatic rings. The zero-order valence-corrected chi connectivity index (χ0v) is 51.4. The second kappa shape index (κ2) is 34.2. The van der Waals surface area contributed by atoms with Crippen molar-refractivity contribution in [2.24, 2.45) is 11.5 Å². The van der Waals surface area contributed by atoms with E-state index in [1.807, 2.05) is 25.9 Å². The van der Waals surface area contributed by atoms with Crippen LogP contribution in [0.25, 0.3) is 0 Å². The summed E-state index contributed by atoms with van der Waals surface area (Å²) in [5, 5.41) is 21.6. The normalized spacial score (nSPS) is 10.2. The first-order valence-electron chi connectivity index (χ1n) is 15.9. The largest absolute Gasteiger partial charge is 1.00 e. The van der Waals surface area contributed by atoms with Crippen molar-refractivity contribution in [1.82, 2.24) is 10.2 Å². The summed E-state index contributed by atoms with van der Waals surface area (Å²) in [6.45, 7) is 3.42. The fourth-order valence-corrected chi connectivity index (χ4v) is 5.92. The Morgan fingerprint density at radius 2 is 1.07 bits per heavy atom. The molecule has 0 unspecified atom stereocenters. The molecule has 0 bridgehead atoms. The molecule has 0 saturated carbocycles. The smallest absolute Gasteiger partial charge is 0.715 e. The molecule has 0 aliphatic carbocycles. The molecule has 11 nitrogen and oxygen atoms in total. The average Bonchev–Trinajstić information content (AvgIpc) is 3.15.